The van der Waals surface area contributed by atoms with Crippen LogP contribution in [0.4, 0.5) is 4.79 Å². The predicted molar refractivity (Wildman–Crippen MR) is 88.0 cm³/mol. The second-order valence-electron chi connectivity index (χ2n) is 5.46. The van der Waals surface area contributed by atoms with Gasteiger partial charge in [0.25, 0.3) is 0 Å². The highest BCUT2D eigenvalue weighted by Crippen LogP contribution is 2.17. The number of rotatable bonds is 5. The first-order valence-corrected chi connectivity index (χ1v) is 7.90. The number of piperidine rings is 1. The maximum absolute atomic E-state index is 11.9. The fraction of sp³-hybridized carbons (Fsp3) is 0.375. The predicted octanol–water partition coefficient (Wildman–Crippen LogP) is 1.40. The maximum atomic E-state index is 11.9. The van der Waals surface area contributed by atoms with Gasteiger partial charge in [-0.3, -0.25) is 0 Å². The van der Waals surface area contributed by atoms with Gasteiger partial charge in [-0.2, -0.15) is 5.10 Å². The zero-order valence-electron chi connectivity index (χ0n) is 13.3. The standard InChI is InChI=1S/C16H20N6O2/c1-2-8-17-16(23)21-11-6-13(7-12-21)24-15-5-4-14(19-20-15)22-10-3-9-18-22/h2-5,9-10,13H,1,6-8,11-12H2,(H,17,23). The van der Waals surface area contributed by atoms with E-state index in [0.29, 0.717) is 31.3 Å². The lowest BCUT2D eigenvalue weighted by Crippen LogP contribution is -2.46. The van der Waals surface area contributed by atoms with Crippen molar-refractivity contribution >= 4 is 6.03 Å². The normalized spacial score (nSPS) is 15.1. The van der Waals surface area contributed by atoms with E-state index in [1.165, 1.54) is 0 Å². The monoisotopic (exact) mass is 328 g/mol. The lowest BCUT2D eigenvalue weighted by atomic mass is 10.1. The average molecular weight is 328 g/mol. The van der Waals surface area contributed by atoms with Gasteiger partial charge in [0.15, 0.2) is 5.82 Å². The molecule has 8 heteroatoms. The number of likely N-dealkylation sites (tertiary alicyclic amines) is 1. The highest BCUT2D eigenvalue weighted by Gasteiger charge is 2.24. The fourth-order valence-corrected chi connectivity index (χ4v) is 2.52. The summed E-state index contributed by atoms with van der Waals surface area (Å²) < 4.78 is 7.50. The van der Waals surface area contributed by atoms with Crippen molar-refractivity contribution in [3.8, 4) is 11.7 Å². The van der Waals surface area contributed by atoms with E-state index in [-0.39, 0.29) is 12.1 Å². The van der Waals surface area contributed by atoms with Crippen molar-refractivity contribution in [2.24, 2.45) is 0 Å². The Labute approximate surface area is 140 Å². The number of hydrogen-bond donors (Lipinski definition) is 1. The highest BCUT2D eigenvalue weighted by atomic mass is 16.5. The molecule has 1 aliphatic rings. The Bertz CT molecular complexity index is 662. The van der Waals surface area contributed by atoms with Crippen molar-refractivity contribution in [1.29, 1.82) is 0 Å². The van der Waals surface area contributed by atoms with Crippen LogP contribution in [0.3, 0.4) is 0 Å². The minimum Gasteiger partial charge on any atom is -0.473 e. The van der Waals surface area contributed by atoms with E-state index in [2.05, 4.69) is 27.2 Å². The van der Waals surface area contributed by atoms with Gasteiger partial charge in [0.2, 0.25) is 5.88 Å². The highest BCUT2D eigenvalue weighted by molar-refractivity contribution is 5.74. The summed E-state index contributed by atoms with van der Waals surface area (Å²) in [5.41, 5.74) is 0. The van der Waals surface area contributed by atoms with Crippen molar-refractivity contribution in [2.75, 3.05) is 19.6 Å². The van der Waals surface area contributed by atoms with Gasteiger partial charge in [-0.15, -0.1) is 16.8 Å². The molecule has 0 aliphatic carbocycles. The molecule has 1 N–H and O–H groups in total. The third-order valence-corrected chi connectivity index (χ3v) is 3.78. The molecule has 2 aromatic heterocycles. The van der Waals surface area contributed by atoms with E-state index in [9.17, 15) is 4.79 Å². The maximum Gasteiger partial charge on any atom is 0.317 e. The first-order chi connectivity index (χ1) is 11.8. The Balaban J connectivity index is 1.49. The zero-order valence-corrected chi connectivity index (χ0v) is 13.3. The van der Waals surface area contributed by atoms with Crippen molar-refractivity contribution in [3.63, 3.8) is 0 Å². The lowest BCUT2D eigenvalue weighted by molar-refractivity contribution is 0.107. The number of nitrogens with zero attached hydrogens (tertiary/aromatic N) is 5. The molecule has 3 heterocycles. The number of urea groups is 1. The van der Waals surface area contributed by atoms with E-state index in [0.717, 1.165) is 12.8 Å². The van der Waals surface area contributed by atoms with E-state index in [1.807, 2.05) is 12.1 Å². The van der Waals surface area contributed by atoms with Crippen LogP contribution in [0.1, 0.15) is 12.8 Å². The average Bonchev–Trinajstić information content (AvgIpc) is 3.15. The molecule has 1 aliphatic heterocycles. The van der Waals surface area contributed by atoms with E-state index >= 15 is 0 Å². The van der Waals surface area contributed by atoms with Crippen molar-refractivity contribution < 1.29 is 9.53 Å². The fourth-order valence-electron chi connectivity index (χ4n) is 2.52. The molecule has 3 rings (SSSR count). The first kappa shape index (κ1) is 16.0. The molecule has 0 radical (unpaired) electrons. The molecular weight excluding hydrogens is 308 g/mol. The number of nitrogens with one attached hydrogen (secondary N) is 1. The molecular formula is C16H20N6O2. The van der Waals surface area contributed by atoms with Crippen LogP contribution in [-0.2, 0) is 0 Å². The SMILES string of the molecule is C=CCNC(=O)N1CCC(Oc2ccc(-n3cccn3)nn2)CC1. The van der Waals surface area contributed by atoms with Gasteiger partial charge in [-0.05, 0) is 12.1 Å². The Kier molecular flexibility index (Phi) is 5.05. The van der Waals surface area contributed by atoms with Crippen molar-refractivity contribution in [2.45, 2.75) is 18.9 Å². The largest absolute Gasteiger partial charge is 0.473 e. The first-order valence-electron chi connectivity index (χ1n) is 7.90. The lowest BCUT2D eigenvalue weighted by Gasteiger charge is -2.31. The van der Waals surface area contributed by atoms with Crippen molar-refractivity contribution in [1.82, 2.24) is 30.2 Å². The van der Waals surface area contributed by atoms with Crippen LogP contribution in [0.25, 0.3) is 5.82 Å². The summed E-state index contributed by atoms with van der Waals surface area (Å²) in [5, 5.41) is 15.1. The minimum atomic E-state index is -0.0586. The van der Waals surface area contributed by atoms with Crippen molar-refractivity contribution in [3.05, 3.63) is 43.2 Å². The minimum absolute atomic E-state index is 0.0401. The van der Waals surface area contributed by atoms with Gasteiger partial charge in [0.05, 0.1) is 0 Å². The van der Waals surface area contributed by atoms with Crippen LogP contribution >= 0.6 is 0 Å². The number of carbonyl (C=O) groups is 1. The number of aromatic nitrogens is 4. The number of ether oxygens (including phenoxy) is 1. The van der Waals surface area contributed by atoms with Gasteiger partial charge in [-0.1, -0.05) is 6.08 Å². The zero-order chi connectivity index (χ0) is 16.8. The number of hydrogen-bond acceptors (Lipinski definition) is 5. The summed E-state index contributed by atoms with van der Waals surface area (Å²) >= 11 is 0. The van der Waals surface area contributed by atoms with Gasteiger partial charge >= 0.3 is 6.03 Å². The topological polar surface area (TPSA) is 85.2 Å². The summed E-state index contributed by atoms with van der Waals surface area (Å²) in [4.78, 5) is 13.7. The molecule has 126 valence electrons. The van der Waals surface area contributed by atoms with Gasteiger partial charge < -0.3 is 15.0 Å². The van der Waals surface area contributed by atoms with Crippen LogP contribution in [0.2, 0.25) is 0 Å². The van der Waals surface area contributed by atoms with E-state index in [1.54, 1.807) is 34.1 Å². The third-order valence-electron chi connectivity index (χ3n) is 3.78. The Morgan fingerprint density at radius 1 is 1.38 bits per heavy atom. The summed E-state index contributed by atoms with van der Waals surface area (Å²) in [6, 6.07) is 5.36. The molecule has 24 heavy (non-hydrogen) atoms. The second kappa shape index (κ2) is 7.58. The van der Waals surface area contributed by atoms with Gasteiger partial charge in [-0.25, -0.2) is 9.48 Å². The molecule has 0 atom stereocenters. The van der Waals surface area contributed by atoms with E-state index in [4.69, 9.17) is 4.74 Å². The van der Waals surface area contributed by atoms with Gasteiger partial charge in [0, 0.05) is 50.9 Å². The number of amides is 2. The van der Waals surface area contributed by atoms with Gasteiger partial charge in [0.1, 0.15) is 6.10 Å². The molecule has 2 amide bonds. The third kappa shape index (κ3) is 3.89. The van der Waals surface area contributed by atoms with Crippen LogP contribution in [0, 0.1) is 0 Å². The molecule has 0 saturated carbocycles. The summed E-state index contributed by atoms with van der Waals surface area (Å²) in [6.07, 6.45) is 6.73. The molecule has 2 aromatic rings. The Hall–Kier alpha value is -2.90. The van der Waals surface area contributed by atoms with Crippen LogP contribution < -0.4 is 10.1 Å². The second-order valence-corrected chi connectivity index (χ2v) is 5.46. The summed E-state index contributed by atoms with van der Waals surface area (Å²) in [7, 11) is 0. The Morgan fingerprint density at radius 3 is 2.83 bits per heavy atom. The van der Waals surface area contributed by atoms with Crippen LogP contribution in [0.5, 0.6) is 5.88 Å². The number of carbonyl (C=O) groups excluding carboxylic acids is 1. The summed E-state index contributed by atoms with van der Waals surface area (Å²) in [5.74, 6) is 1.13. The molecule has 1 fully saturated rings. The molecule has 8 nitrogen and oxygen atoms in total. The van der Waals surface area contributed by atoms with Crippen LogP contribution in [-0.4, -0.2) is 56.6 Å². The van der Waals surface area contributed by atoms with E-state index < -0.39 is 0 Å². The molecule has 0 spiro atoms. The molecule has 0 aromatic carbocycles. The van der Waals surface area contributed by atoms with Crippen LogP contribution in [0.15, 0.2) is 43.2 Å². The molecule has 0 unspecified atom stereocenters. The molecule has 0 bridgehead atoms. The smallest absolute Gasteiger partial charge is 0.317 e. The Morgan fingerprint density at radius 2 is 2.21 bits per heavy atom. The quantitative estimate of drug-likeness (QED) is 0.839. The summed E-state index contributed by atoms with van der Waals surface area (Å²) in [6.45, 7) is 5.39. The molecule has 1 saturated heterocycles.